The molecular weight excluding hydrogens is 335 g/mol. The molecule has 6 heteroatoms. The maximum Gasteiger partial charge on any atom is 0.253 e. The van der Waals surface area contributed by atoms with E-state index in [1.165, 1.54) is 12.1 Å². The molecule has 0 bridgehead atoms. The van der Waals surface area contributed by atoms with E-state index in [2.05, 4.69) is 13.8 Å². The third-order valence-electron chi connectivity index (χ3n) is 5.22. The van der Waals surface area contributed by atoms with Crippen LogP contribution in [0.1, 0.15) is 39.5 Å². The lowest BCUT2D eigenvalue weighted by molar-refractivity contribution is -0.153. The highest BCUT2D eigenvalue weighted by atomic mass is 19.1. The van der Waals surface area contributed by atoms with Crippen molar-refractivity contribution < 1.29 is 18.7 Å². The minimum Gasteiger partial charge on any atom is -0.361 e. The fourth-order valence-electron chi connectivity index (χ4n) is 3.70. The average Bonchev–Trinajstić information content (AvgIpc) is 2.63. The molecule has 0 radical (unpaired) electrons. The van der Waals surface area contributed by atoms with Crippen molar-refractivity contribution in [3.8, 4) is 0 Å². The maximum absolute atomic E-state index is 13.2. The van der Waals surface area contributed by atoms with Gasteiger partial charge >= 0.3 is 0 Å². The summed E-state index contributed by atoms with van der Waals surface area (Å²) in [6.45, 7) is 5.86. The standard InChI is InChI=1S/C20H27FN2O3/c1-15(2)4-9-18(24)22-11-3-10-20(13-22)14-23(19(25)12-26-20)17-7-5-16(21)6-8-17/h5-8,15H,3-4,9-14H2,1-2H3. The van der Waals surface area contributed by atoms with E-state index in [1.54, 1.807) is 17.0 Å². The Balaban J connectivity index is 1.71. The summed E-state index contributed by atoms with van der Waals surface area (Å²) < 4.78 is 19.1. The summed E-state index contributed by atoms with van der Waals surface area (Å²) in [6, 6.07) is 5.93. The highest BCUT2D eigenvalue weighted by Gasteiger charge is 2.44. The predicted molar refractivity (Wildman–Crippen MR) is 97.3 cm³/mol. The largest absolute Gasteiger partial charge is 0.361 e. The van der Waals surface area contributed by atoms with E-state index in [1.807, 2.05) is 4.90 Å². The number of amides is 2. The van der Waals surface area contributed by atoms with Crippen LogP contribution in [0.5, 0.6) is 0 Å². The SMILES string of the molecule is CC(C)CCC(=O)N1CCCC2(C1)CN(c1ccc(F)cc1)C(=O)CO2. The monoisotopic (exact) mass is 362 g/mol. The Labute approximate surface area is 154 Å². The zero-order valence-electron chi connectivity index (χ0n) is 15.5. The van der Waals surface area contributed by atoms with Gasteiger partial charge in [-0.2, -0.15) is 0 Å². The van der Waals surface area contributed by atoms with Gasteiger partial charge in [0.25, 0.3) is 5.91 Å². The second-order valence-electron chi connectivity index (χ2n) is 7.78. The van der Waals surface area contributed by atoms with Crippen molar-refractivity contribution in [2.45, 2.75) is 45.1 Å². The van der Waals surface area contributed by atoms with Gasteiger partial charge < -0.3 is 14.5 Å². The number of nitrogens with zero attached hydrogens (tertiary/aromatic N) is 2. The molecule has 1 atom stereocenters. The molecule has 142 valence electrons. The van der Waals surface area contributed by atoms with Crippen molar-refractivity contribution in [2.24, 2.45) is 5.92 Å². The Morgan fingerprint density at radius 1 is 1.27 bits per heavy atom. The third kappa shape index (κ3) is 4.23. The molecule has 0 saturated carbocycles. The average molecular weight is 362 g/mol. The van der Waals surface area contributed by atoms with Crippen LogP contribution in [0.3, 0.4) is 0 Å². The molecule has 5 nitrogen and oxygen atoms in total. The van der Waals surface area contributed by atoms with E-state index >= 15 is 0 Å². The molecule has 1 aromatic rings. The number of hydrogen-bond donors (Lipinski definition) is 0. The number of anilines is 1. The van der Waals surface area contributed by atoms with Gasteiger partial charge in [0.15, 0.2) is 0 Å². The lowest BCUT2D eigenvalue weighted by Crippen LogP contribution is -2.62. The normalized spacial score (nSPS) is 23.8. The molecule has 0 aliphatic carbocycles. The summed E-state index contributed by atoms with van der Waals surface area (Å²) in [6.07, 6.45) is 3.10. The molecule has 1 spiro atoms. The van der Waals surface area contributed by atoms with E-state index in [9.17, 15) is 14.0 Å². The zero-order valence-corrected chi connectivity index (χ0v) is 15.5. The van der Waals surface area contributed by atoms with Gasteiger partial charge in [-0.1, -0.05) is 13.8 Å². The lowest BCUT2D eigenvalue weighted by atomic mass is 9.90. The van der Waals surface area contributed by atoms with Crippen molar-refractivity contribution in [1.82, 2.24) is 4.90 Å². The van der Waals surface area contributed by atoms with Crippen molar-refractivity contribution in [3.63, 3.8) is 0 Å². The molecule has 2 fully saturated rings. The molecule has 1 unspecified atom stereocenters. The Hall–Kier alpha value is -1.95. The molecule has 26 heavy (non-hydrogen) atoms. The Bertz CT molecular complexity index is 662. The quantitative estimate of drug-likeness (QED) is 0.827. The smallest absolute Gasteiger partial charge is 0.253 e. The van der Waals surface area contributed by atoms with Crippen molar-refractivity contribution in [3.05, 3.63) is 30.1 Å². The molecule has 2 aliphatic heterocycles. The van der Waals surface area contributed by atoms with Crippen molar-refractivity contribution >= 4 is 17.5 Å². The summed E-state index contributed by atoms with van der Waals surface area (Å²) in [5, 5.41) is 0. The first kappa shape index (κ1) is 18.8. The first-order valence-corrected chi connectivity index (χ1v) is 9.36. The first-order chi connectivity index (χ1) is 12.4. The fourth-order valence-corrected chi connectivity index (χ4v) is 3.70. The van der Waals surface area contributed by atoms with E-state index in [-0.39, 0.29) is 24.2 Å². The van der Waals surface area contributed by atoms with E-state index < -0.39 is 5.60 Å². The van der Waals surface area contributed by atoms with Crippen LogP contribution in [0, 0.1) is 11.7 Å². The summed E-state index contributed by atoms with van der Waals surface area (Å²) in [7, 11) is 0. The summed E-state index contributed by atoms with van der Waals surface area (Å²) in [5.41, 5.74) is 0.135. The summed E-state index contributed by atoms with van der Waals surface area (Å²) >= 11 is 0. The molecule has 2 heterocycles. The number of hydrogen-bond acceptors (Lipinski definition) is 3. The summed E-state index contributed by atoms with van der Waals surface area (Å²) in [5.74, 6) is 0.191. The lowest BCUT2D eigenvalue weighted by Gasteiger charge is -2.47. The molecular formula is C20H27FN2O3. The van der Waals surface area contributed by atoms with Crippen molar-refractivity contribution in [1.29, 1.82) is 0 Å². The van der Waals surface area contributed by atoms with E-state index in [0.29, 0.717) is 31.1 Å². The van der Waals surface area contributed by atoms with Gasteiger partial charge in [0.1, 0.15) is 18.0 Å². The van der Waals surface area contributed by atoms with E-state index in [0.717, 1.165) is 25.8 Å². The molecule has 2 aliphatic rings. The van der Waals surface area contributed by atoms with Gasteiger partial charge in [-0.3, -0.25) is 9.59 Å². The van der Waals surface area contributed by atoms with Gasteiger partial charge in [-0.15, -0.1) is 0 Å². The van der Waals surface area contributed by atoms with Crippen LogP contribution >= 0.6 is 0 Å². The number of carbonyl (C=O) groups excluding carboxylic acids is 2. The first-order valence-electron chi connectivity index (χ1n) is 9.36. The van der Waals surface area contributed by atoms with Gasteiger partial charge in [-0.25, -0.2) is 4.39 Å². The van der Waals surface area contributed by atoms with Crippen LogP contribution in [0.2, 0.25) is 0 Å². The van der Waals surface area contributed by atoms with Crippen LogP contribution in [0.25, 0.3) is 0 Å². The Morgan fingerprint density at radius 3 is 2.69 bits per heavy atom. The zero-order chi connectivity index (χ0) is 18.7. The van der Waals surface area contributed by atoms with E-state index in [4.69, 9.17) is 4.74 Å². The number of benzene rings is 1. The maximum atomic E-state index is 13.2. The highest BCUT2D eigenvalue weighted by molar-refractivity contribution is 5.95. The second kappa shape index (κ2) is 7.74. The number of likely N-dealkylation sites (tertiary alicyclic amines) is 1. The van der Waals surface area contributed by atoms with Crippen LogP contribution in [0.15, 0.2) is 24.3 Å². The third-order valence-corrected chi connectivity index (χ3v) is 5.22. The van der Waals surface area contributed by atoms with Crippen molar-refractivity contribution in [2.75, 3.05) is 31.1 Å². The number of morpholine rings is 1. The Morgan fingerprint density at radius 2 is 2.00 bits per heavy atom. The van der Waals surface area contributed by atoms with Gasteiger partial charge in [0.05, 0.1) is 13.1 Å². The Kier molecular flexibility index (Phi) is 5.61. The second-order valence-corrected chi connectivity index (χ2v) is 7.78. The highest BCUT2D eigenvalue weighted by Crippen LogP contribution is 2.32. The van der Waals surface area contributed by atoms with Crippen LogP contribution in [-0.2, 0) is 14.3 Å². The molecule has 2 saturated heterocycles. The molecule has 1 aromatic carbocycles. The number of carbonyl (C=O) groups is 2. The molecule has 0 N–H and O–H groups in total. The molecule has 2 amide bonds. The number of ether oxygens (including phenoxy) is 1. The number of rotatable bonds is 4. The number of halogens is 1. The minimum atomic E-state index is -0.534. The van der Waals surface area contributed by atoms with Crippen LogP contribution in [-0.4, -0.2) is 48.6 Å². The topological polar surface area (TPSA) is 49.9 Å². The van der Waals surface area contributed by atoms with Gasteiger partial charge in [-0.05, 0) is 49.4 Å². The minimum absolute atomic E-state index is 0.00853. The molecule has 3 rings (SSSR count). The predicted octanol–water partition coefficient (Wildman–Crippen LogP) is 2.99. The number of piperidine rings is 1. The van der Waals surface area contributed by atoms with Crippen LogP contribution < -0.4 is 4.90 Å². The molecule has 0 aromatic heterocycles. The van der Waals surface area contributed by atoms with Crippen LogP contribution in [0.4, 0.5) is 10.1 Å². The van der Waals surface area contributed by atoms with Gasteiger partial charge in [0, 0.05) is 18.7 Å². The fraction of sp³-hybridized carbons (Fsp3) is 0.600. The summed E-state index contributed by atoms with van der Waals surface area (Å²) in [4.78, 5) is 28.4. The van der Waals surface area contributed by atoms with Gasteiger partial charge in [0.2, 0.25) is 5.91 Å².